The zero-order valence-electron chi connectivity index (χ0n) is 25.2. The molecule has 0 unspecified atom stereocenters. The number of H-pyrrole nitrogens is 1. The Morgan fingerprint density at radius 2 is 1.82 bits per heavy atom. The van der Waals surface area contributed by atoms with Gasteiger partial charge in [-0.25, -0.2) is 4.39 Å². The minimum atomic E-state index is -0.455. The van der Waals surface area contributed by atoms with E-state index in [0.29, 0.717) is 61.5 Å². The second-order valence-corrected chi connectivity index (χ2v) is 13.8. The summed E-state index contributed by atoms with van der Waals surface area (Å²) in [6.45, 7) is 3.37. The lowest BCUT2D eigenvalue weighted by molar-refractivity contribution is -0.130. The number of nitrogens with one attached hydrogen (secondary N) is 3. The fraction of sp³-hybridized carbons (Fsp3) is 0.438. The third-order valence-electron chi connectivity index (χ3n) is 7.73. The van der Waals surface area contributed by atoms with Crippen LogP contribution in [0.2, 0.25) is 0 Å². The van der Waals surface area contributed by atoms with Crippen LogP contribution in [0.1, 0.15) is 60.5 Å². The molecule has 44 heavy (non-hydrogen) atoms. The number of hydrogen-bond acceptors (Lipinski definition) is 6. The summed E-state index contributed by atoms with van der Waals surface area (Å²) in [6, 6.07) is 10.6. The smallest absolute Gasteiger partial charge is 0.252 e. The highest BCUT2D eigenvalue weighted by atomic mass is 33.1. The van der Waals surface area contributed by atoms with Gasteiger partial charge in [0.05, 0.1) is 5.56 Å². The summed E-state index contributed by atoms with van der Waals surface area (Å²) in [5.41, 5.74) is 10.0. The molecular formula is C32H40FN5O4S2. The van der Waals surface area contributed by atoms with Crippen LogP contribution < -0.4 is 16.4 Å². The first kappa shape index (κ1) is 33.4. The van der Waals surface area contributed by atoms with Crippen LogP contribution in [0.3, 0.4) is 0 Å². The van der Waals surface area contributed by atoms with Crippen LogP contribution in [-0.4, -0.2) is 65.2 Å². The molecule has 236 valence electrons. The number of carbonyl (C=O) groups excluding carboxylic acids is 4. The second kappa shape index (κ2) is 16.0. The number of unbranched alkanes of at least 4 members (excludes halogenated alkanes) is 1. The first-order chi connectivity index (χ1) is 21.1. The average Bonchev–Trinajstić information content (AvgIpc) is 3.27. The van der Waals surface area contributed by atoms with Crippen LogP contribution >= 0.6 is 21.6 Å². The first-order valence-corrected chi connectivity index (χ1v) is 17.4. The molecule has 0 bridgehead atoms. The zero-order valence-corrected chi connectivity index (χ0v) is 26.8. The fourth-order valence-electron chi connectivity index (χ4n) is 5.18. The fourth-order valence-corrected chi connectivity index (χ4v) is 7.15. The van der Waals surface area contributed by atoms with Crippen LogP contribution in [0, 0.1) is 11.7 Å². The average molecular weight is 642 g/mol. The highest BCUT2D eigenvalue weighted by Gasteiger charge is 2.23. The van der Waals surface area contributed by atoms with Gasteiger partial charge in [-0.1, -0.05) is 59.2 Å². The Labute approximate surface area is 265 Å². The number of rotatable bonds is 16. The third kappa shape index (κ3) is 9.01. The summed E-state index contributed by atoms with van der Waals surface area (Å²) in [7, 11) is 4.97. The van der Waals surface area contributed by atoms with Gasteiger partial charge in [0.1, 0.15) is 5.82 Å². The predicted molar refractivity (Wildman–Crippen MR) is 176 cm³/mol. The van der Waals surface area contributed by atoms with Crippen LogP contribution in [0.4, 0.5) is 4.39 Å². The summed E-state index contributed by atoms with van der Waals surface area (Å²) in [5.74, 6) is 0.248. The van der Waals surface area contributed by atoms with Crippen molar-refractivity contribution < 1.29 is 23.6 Å². The van der Waals surface area contributed by atoms with E-state index in [9.17, 15) is 23.6 Å². The molecule has 9 nitrogen and oxygen atoms in total. The quantitative estimate of drug-likeness (QED) is 0.131. The van der Waals surface area contributed by atoms with Crippen molar-refractivity contribution in [2.45, 2.75) is 52.0 Å². The SMILES string of the molecule is C[C@H](CCCCNC(=O)CCSSCCC(=O)N(C)Cc1ccc(-c2[nH]c3cc(F)cc4c3c2CCNC4=O)cc1)C(N)=O. The number of benzene rings is 2. The molecule has 4 rings (SSSR count). The zero-order chi connectivity index (χ0) is 31.6. The maximum Gasteiger partial charge on any atom is 0.252 e. The van der Waals surface area contributed by atoms with Crippen LogP contribution in [0.15, 0.2) is 36.4 Å². The Balaban J connectivity index is 1.16. The lowest BCUT2D eigenvalue weighted by atomic mass is 9.99. The lowest BCUT2D eigenvalue weighted by Gasteiger charge is -2.17. The van der Waals surface area contributed by atoms with Crippen molar-refractivity contribution in [2.24, 2.45) is 11.7 Å². The number of primary amides is 1. The monoisotopic (exact) mass is 641 g/mol. The molecule has 4 amide bonds. The van der Waals surface area contributed by atoms with E-state index < -0.39 is 5.82 Å². The van der Waals surface area contributed by atoms with E-state index >= 15 is 0 Å². The van der Waals surface area contributed by atoms with Crippen LogP contribution in [0.5, 0.6) is 0 Å². The van der Waals surface area contributed by atoms with E-state index in [1.165, 1.54) is 12.1 Å². The molecule has 2 aromatic carbocycles. The van der Waals surface area contributed by atoms with Crippen LogP contribution in [0.25, 0.3) is 22.2 Å². The van der Waals surface area contributed by atoms with E-state index in [2.05, 4.69) is 15.6 Å². The molecule has 0 saturated heterocycles. The second-order valence-electron chi connectivity index (χ2n) is 11.1. The molecule has 5 N–H and O–H groups in total. The van der Waals surface area contributed by atoms with Crippen molar-refractivity contribution in [3.05, 3.63) is 58.9 Å². The van der Waals surface area contributed by atoms with Gasteiger partial charge in [0.15, 0.2) is 0 Å². The molecule has 2 heterocycles. The number of halogens is 1. The summed E-state index contributed by atoms with van der Waals surface area (Å²) in [5, 5.41) is 6.51. The molecular weight excluding hydrogens is 602 g/mol. The molecule has 12 heteroatoms. The normalized spacial score (nSPS) is 13.3. The summed E-state index contributed by atoms with van der Waals surface area (Å²) in [6.07, 6.45) is 3.88. The number of hydrogen-bond donors (Lipinski definition) is 4. The number of nitrogens with two attached hydrogens (primary N) is 1. The highest BCUT2D eigenvalue weighted by molar-refractivity contribution is 8.76. The van der Waals surface area contributed by atoms with Gasteiger partial charge in [0.2, 0.25) is 17.7 Å². The van der Waals surface area contributed by atoms with Gasteiger partial charge in [0.25, 0.3) is 5.91 Å². The molecule has 0 radical (unpaired) electrons. The van der Waals surface area contributed by atoms with Crippen molar-refractivity contribution in [2.75, 3.05) is 31.6 Å². The Bertz CT molecular complexity index is 1490. The number of aromatic nitrogens is 1. The van der Waals surface area contributed by atoms with Gasteiger partial charge in [-0.3, -0.25) is 19.2 Å². The highest BCUT2D eigenvalue weighted by Crippen LogP contribution is 2.35. The largest absolute Gasteiger partial charge is 0.369 e. The molecule has 3 aromatic rings. The number of nitrogens with zero attached hydrogens (tertiary/aromatic N) is 1. The minimum Gasteiger partial charge on any atom is -0.369 e. The molecule has 0 spiro atoms. The standard InChI is InChI=1S/C32H40FN5O4S2/c1-20(31(34)41)5-3-4-13-35-27(39)11-15-43-44-16-12-28(40)38(2)19-21-6-8-22(9-7-21)30-24-10-14-36-32(42)25-17-23(33)18-26(37-30)29(24)25/h6-9,17-18,20,37H,3-5,10-16,19H2,1-2H3,(H2,34,41)(H,35,39)(H,36,42)/t20-/m1/s1. The van der Waals surface area contributed by atoms with Crippen molar-refractivity contribution in [1.82, 2.24) is 20.5 Å². The number of carbonyl (C=O) groups is 4. The molecule has 0 fully saturated rings. The topological polar surface area (TPSA) is 137 Å². The van der Waals surface area contributed by atoms with Gasteiger partial charge in [-0.2, -0.15) is 0 Å². The number of aromatic amines is 1. The molecule has 1 atom stereocenters. The van der Waals surface area contributed by atoms with Crippen molar-refractivity contribution >= 4 is 56.1 Å². The third-order valence-corrected chi connectivity index (χ3v) is 10.1. The summed E-state index contributed by atoms with van der Waals surface area (Å²) >= 11 is 0. The Morgan fingerprint density at radius 1 is 1.09 bits per heavy atom. The van der Waals surface area contributed by atoms with Gasteiger partial charge in [0, 0.05) is 73.5 Å². The lowest BCUT2D eigenvalue weighted by Crippen LogP contribution is -2.26. The van der Waals surface area contributed by atoms with Gasteiger partial charge >= 0.3 is 0 Å². The molecule has 1 aliphatic heterocycles. The van der Waals surface area contributed by atoms with E-state index in [0.717, 1.165) is 47.0 Å². The maximum absolute atomic E-state index is 14.2. The van der Waals surface area contributed by atoms with Crippen molar-refractivity contribution in [1.29, 1.82) is 0 Å². The van der Waals surface area contributed by atoms with Gasteiger partial charge in [-0.15, -0.1) is 0 Å². The van der Waals surface area contributed by atoms with Gasteiger partial charge < -0.3 is 26.3 Å². The number of amides is 4. The maximum atomic E-state index is 14.2. The Hall–Kier alpha value is -3.51. The molecule has 0 aliphatic carbocycles. The van der Waals surface area contributed by atoms with E-state index in [1.54, 1.807) is 33.5 Å². The van der Waals surface area contributed by atoms with E-state index in [4.69, 9.17) is 5.73 Å². The van der Waals surface area contributed by atoms with E-state index in [1.807, 2.05) is 31.2 Å². The minimum absolute atomic E-state index is 0.00752. The Kier molecular flexibility index (Phi) is 12.1. The summed E-state index contributed by atoms with van der Waals surface area (Å²) < 4.78 is 14.2. The Morgan fingerprint density at radius 3 is 2.55 bits per heavy atom. The summed E-state index contributed by atoms with van der Waals surface area (Å²) in [4.78, 5) is 53.2. The molecule has 0 saturated carbocycles. The van der Waals surface area contributed by atoms with Crippen molar-refractivity contribution in [3.63, 3.8) is 0 Å². The van der Waals surface area contributed by atoms with E-state index in [-0.39, 0.29) is 29.5 Å². The predicted octanol–water partition coefficient (Wildman–Crippen LogP) is 4.79. The van der Waals surface area contributed by atoms with Gasteiger partial charge in [-0.05, 0) is 48.1 Å². The van der Waals surface area contributed by atoms with Crippen molar-refractivity contribution in [3.8, 4) is 11.3 Å². The van der Waals surface area contributed by atoms with Crippen LogP contribution in [-0.2, 0) is 27.3 Å². The molecule has 1 aromatic heterocycles. The first-order valence-electron chi connectivity index (χ1n) is 14.9. The molecule has 1 aliphatic rings.